The second-order valence-electron chi connectivity index (χ2n) is 13.1. The van der Waals surface area contributed by atoms with Crippen molar-refractivity contribution >= 4 is 38.9 Å². The third kappa shape index (κ3) is 5.94. The molecule has 0 aliphatic carbocycles. The molecule has 0 unspecified atom stereocenters. The van der Waals surface area contributed by atoms with Crippen LogP contribution in [-0.2, 0) is 25.4 Å². The van der Waals surface area contributed by atoms with Crippen molar-refractivity contribution in [3.63, 3.8) is 0 Å². The van der Waals surface area contributed by atoms with Gasteiger partial charge in [0.05, 0.1) is 29.9 Å². The highest BCUT2D eigenvalue weighted by Gasteiger charge is 2.52. The average molecular weight is 581 g/mol. The monoisotopic (exact) mass is 580 g/mol. The van der Waals surface area contributed by atoms with Crippen molar-refractivity contribution < 1.29 is 28.5 Å². The molecule has 0 spiro atoms. The highest BCUT2D eigenvalue weighted by atomic mass is 35.5. The summed E-state index contributed by atoms with van der Waals surface area (Å²) in [6.45, 7) is 19.6. The lowest BCUT2D eigenvalue weighted by Crippen LogP contribution is -2.47. The molecule has 2 aromatic rings. The lowest BCUT2D eigenvalue weighted by atomic mass is 10.1. The molecule has 8 nitrogen and oxygen atoms in total. The molecule has 0 radical (unpaired) electrons. The fraction of sp³-hybridized carbons (Fsp3) is 0.667. The van der Waals surface area contributed by atoms with E-state index in [9.17, 15) is 10.4 Å². The van der Waals surface area contributed by atoms with Gasteiger partial charge in [0.2, 0.25) is 5.88 Å². The second-order valence-corrected chi connectivity index (χ2v) is 23.8. The average Bonchev–Trinajstić information content (AvgIpc) is 3.45. The van der Waals surface area contributed by atoms with Crippen LogP contribution in [0.4, 0.5) is 0 Å². The number of halogens is 1. The number of benzene rings is 1. The minimum Gasteiger partial charge on any atom is -0.506 e. The van der Waals surface area contributed by atoms with Gasteiger partial charge in [0.15, 0.2) is 14.4 Å². The minimum atomic E-state index is -2.01. The van der Waals surface area contributed by atoms with E-state index in [-0.39, 0.29) is 40.9 Å². The Hall–Kier alpha value is -1.59. The minimum absolute atomic E-state index is 0.0739. The highest BCUT2D eigenvalue weighted by molar-refractivity contribution is 6.76. The van der Waals surface area contributed by atoms with Gasteiger partial charge in [0.25, 0.3) is 0 Å². The Morgan fingerprint density at radius 2 is 1.74 bits per heavy atom. The first-order valence-corrected chi connectivity index (χ1v) is 20.2. The van der Waals surface area contributed by atoms with E-state index in [1.807, 2.05) is 4.57 Å². The summed E-state index contributed by atoms with van der Waals surface area (Å²) in [6, 6.07) is 6.42. The molecule has 4 rings (SSSR count). The van der Waals surface area contributed by atoms with Gasteiger partial charge in [-0.15, -0.1) is 0 Å². The number of nitrogens with zero attached hydrogens (tertiary/aromatic N) is 2. The van der Waals surface area contributed by atoms with Crippen LogP contribution in [0.5, 0.6) is 11.6 Å². The Morgan fingerprint density at radius 1 is 1.11 bits per heavy atom. The molecule has 38 heavy (non-hydrogen) atoms. The van der Waals surface area contributed by atoms with Gasteiger partial charge >= 0.3 is 0 Å². The number of phenols is 1. The van der Waals surface area contributed by atoms with Gasteiger partial charge in [-0.25, -0.2) is 0 Å². The van der Waals surface area contributed by atoms with Crippen LogP contribution in [0.25, 0.3) is 10.9 Å². The summed E-state index contributed by atoms with van der Waals surface area (Å²) in [5.74, 6) is 0.275. The summed E-state index contributed by atoms with van der Waals surface area (Å²) in [5.41, 5.74) is 0.977. The predicted molar refractivity (Wildman–Crippen MR) is 153 cm³/mol. The zero-order valence-corrected chi connectivity index (χ0v) is 26.5. The SMILES string of the molecule is CC(C)(C)[Si](C)(C)O[C@@H]1CO[C@H]2[C@@H]1OC[C@H]2Oc1c(C#N)c2cc(O)c(Cl)cc2n1COCC[Si](C)(C)C. The zero-order chi connectivity index (χ0) is 28.0. The molecule has 1 aromatic carbocycles. The Labute approximate surface area is 232 Å². The summed E-state index contributed by atoms with van der Waals surface area (Å²) < 4.78 is 33.3. The number of rotatable bonds is 9. The standard InChI is InChI=1S/C27H41ClN2O6Si2/c1-27(2,3)38(7,8)36-23-15-34-24-22(14-33-25(23)24)35-26-18(13-29)17-11-21(31)19(28)12-20(17)30(26)16-32-9-10-37(4,5)6/h11-12,22-25,31H,9-10,14-16H2,1-8H3/t22-,23-,24-,25-/m1/s1. The van der Waals surface area contributed by atoms with Crippen LogP contribution in [0.2, 0.25) is 48.8 Å². The third-order valence-electron chi connectivity index (χ3n) is 7.89. The fourth-order valence-electron chi connectivity index (χ4n) is 4.56. The first kappa shape index (κ1) is 29.4. The second kappa shape index (κ2) is 10.8. The maximum absolute atomic E-state index is 10.3. The van der Waals surface area contributed by atoms with Crippen LogP contribution >= 0.6 is 11.6 Å². The molecule has 0 bridgehead atoms. The van der Waals surface area contributed by atoms with Crippen LogP contribution in [0.3, 0.4) is 0 Å². The molecule has 210 valence electrons. The first-order chi connectivity index (χ1) is 17.6. The summed E-state index contributed by atoms with van der Waals surface area (Å²) in [6.07, 6.45) is -1.12. The topological polar surface area (TPSA) is 95.1 Å². The lowest BCUT2D eigenvalue weighted by Gasteiger charge is -2.39. The molecule has 11 heteroatoms. The number of phenolic OH excluding ortho intramolecular Hbond substituents is 1. The highest BCUT2D eigenvalue weighted by Crippen LogP contribution is 2.42. The van der Waals surface area contributed by atoms with Crippen LogP contribution in [-0.4, -0.2) is 70.3 Å². The van der Waals surface area contributed by atoms with Crippen LogP contribution in [0.1, 0.15) is 26.3 Å². The largest absolute Gasteiger partial charge is 0.506 e. The first-order valence-electron chi connectivity index (χ1n) is 13.2. The van der Waals surface area contributed by atoms with E-state index in [2.05, 4.69) is 59.6 Å². The summed E-state index contributed by atoms with van der Waals surface area (Å²) in [4.78, 5) is 0. The lowest BCUT2D eigenvalue weighted by molar-refractivity contribution is 0.00849. The van der Waals surface area contributed by atoms with Crippen molar-refractivity contribution in [3.8, 4) is 17.7 Å². The molecule has 2 aliphatic heterocycles. The Morgan fingerprint density at radius 3 is 2.34 bits per heavy atom. The molecule has 2 fully saturated rings. The van der Waals surface area contributed by atoms with Crippen LogP contribution in [0.15, 0.2) is 12.1 Å². The van der Waals surface area contributed by atoms with Crippen LogP contribution in [0, 0.1) is 11.3 Å². The molecule has 1 N–H and O–H groups in total. The number of hydrogen-bond donors (Lipinski definition) is 1. The van der Waals surface area contributed by atoms with Gasteiger partial charge in [-0.1, -0.05) is 52.0 Å². The number of aromatic nitrogens is 1. The Balaban J connectivity index is 1.59. The van der Waals surface area contributed by atoms with E-state index in [1.54, 1.807) is 6.07 Å². The van der Waals surface area contributed by atoms with Crippen molar-refractivity contribution in [2.75, 3.05) is 19.8 Å². The summed E-state index contributed by atoms with van der Waals surface area (Å²) >= 11 is 6.26. The van der Waals surface area contributed by atoms with Crippen LogP contribution < -0.4 is 4.74 Å². The van der Waals surface area contributed by atoms with Crippen molar-refractivity contribution in [1.29, 1.82) is 5.26 Å². The number of aromatic hydroxyl groups is 1. The van der Waals surface area contributed by atoms with Gasteiger partial charge in [-0.3, -0.25) is 4.57 Å². The van der Waals surface area contributed by atoms with Crippen molar-refractivity contribution in [1.82, 2.24) is 4.57 Å². The van der Waals surface area contributed by atoms with E-state index in [0.29, 0.717) is 42.2 Å². The molecular weight excluding hydrogens is 540 g/mol. The van der Waals surface area contributed by atoms with Gasteiger partial charge in [-0.2, -0.15) is 5.26 Å². The maximum Gasteiger partial charge on any atom is 0.215 e. The smallest absolute Gasteiger partial charge is 0.215 e. The molecule has 2 saturated heterocycles. The van der Waals surface area contributed by atoms with E-state index in [0.717, 1.165) is 6.04 Å². The van der Waals surface area contributed by atoms with Gasteiger partial charge in [-0.05, 0) is 36.3 Å². The van der Waals surface area contributed by atoms with Crippen molar-refractivity contribution in [2.45, 2.75) is 95.7 Å². The zero-order valence-electron chi connectivity index (χ0n) is 23.8. The van der Waals surface area contributed by atoms with Gasteiger partial charge in [0.1, 0.15) is 36.3 Å². The number of nitriles is 1. The molecule has 0 saturated carbocycles. The summed E-state index contributed by atoms with van der Waals surface area (Å²) in [5, 5.41) is 21.2. The molecule has 1 aromatic heterocycles. The quantitative estimate of drug-likeness (QED) is 0.282. The van der Waals surface area contributed by atoms with Crippen molar-refractivity contribution in [2.24, 2.45) is 0 Å². The number of ether oxygens (including phenoxy) is 4. The third-order valence-corrected chi connectivity index (χ3v) is 14.4. The molecule has 0 amide bonds. The Kier molecular flexibility index (Phi) is 8.33. The van der Waals surface area contributed by atoms with Gasteiger partial charge < -0.3 is 28.5 Å². The van der Waals surface area contributed by atoms with Gasteiger partial charge in [0, 0.05) is 20.1 Å². The maximum atomic E-state index is 10.3. The molecule has 3 heterocycles. The molecule has 4 atom stereocenters. The Bertz CT molecular complexity index is 1210. The van der Waals surface area contributed by atoms with E-state index >= 15 is 0 Å². The van der Waals surface area contributed by atoms with E-state index in [1.165, 1.54) is 6.07 Å². The van der Waals surface area contributed by atoms with E-state index in [4.69, 9.17) is 35.0 Å². The normalized spacial score (nSPS) is 24.1. The predicted octanol–water partition coefficient (Wildman–Crippen LogP) is 6.12. The number of hydrogen-bond acceptors (Lipinski definition) is 7. The summed E-state index contributed by atoms with van der Waals surface area (Å²) in [7, 11) is -3.29. The number of fused-ring (bicyclic) bond motifs is 2. The fourth-order valence-corrected chi connectivity index (χ4v) is 6.78. The van der Waals surface area contributed by atoms with Crippen molar-refractivity contribution in [3.05, 3.63) is 22.7 Å². The molecular formula is C27H41ClN2O6Si2. The van der Waals surface area contributed by atoms with E-state index < -0.39 is 22.5 Å². The molecule has 2 aliphatic rings.